The molecule has 22 heavy (non-hydrogen) atoms. The Morgan fingerprint density at radius 2 is 1.82 bits per heavy atom. The predicted molar refractivity (Wildman–Crippen MR) is 81.3 cm³/mol. The number of ether oxygens (including phenoxy) is 1. The Bertz CT molecular complexity index is 666. The van der Waals surface area contributed by atoms with Crippen LogP contribution in [0.5, 0.6) is 5.75 Å². The average molecular weight is 325 g/mol. The highest BCUT2D eigenvalue weighted by Crippen LogP contribution is 2.22. The highest BCUT2D eigenvalue weighted by atomic mass is 32.2. The van der Waals surface area contributed by atoms with Crippen molar-refractivity contribution in [1.82, 2.24) is 4.31 Å². The largest absolute Gasteiger partial charge is 0.425 e. The second-order valence-electron chi connectivity index (χ2n) is 5.39. The lowest BCUT2D eigenvalue weighted by Crippen LogP contribution is -2.48. The number of piperidine rings is 1. The summed E-state index contributed by atoms with van der Waals surface area (Å²) in [6.07, 6.45) is 3.08. The predicted octanol–water partition coefficient (Wildman–Crippen LogP) is 1.61. The summed E-state index contributed by atoms with van der Waals surface area (Å²) in [5.74, 6) is -0.358. The molecular formula is C15H19NO5S. The Morgan fingerprint density at radius 1 is 1.18 bits per heavy atom. The van der Waals surface area contributed by atoms with Gasteiger partial charge in [-0.1, -0.05) is 0 Å². The number of carbonyl (C=O) groups excluding carboxylic acids is 2. The van der Waals surface area contributed by atoms with Gasteiger partial charge in [-0.25, -0.2) is 13.2 Å². The summed E-state index contributed by atoms with van der Waals surface area (Å²) in [4.78, 5) is 23.4. The molecule has 1 fully saturated rings. The number of hydrogen-bond donors (Lipinski definition) is 0. The van der Waals surface area contributed by atoms with Crippen molar-refractivity contribution in [1.29, 1.82) is 0 Å². The molecule has 0 saturated carbocycles. The van der Waals surface area contributed by atoms with Crippen LogP contribution in [0.15, 0.2) is 24.3 Å². The van der Waals surface area contributed by atoms with Crippen LogP contribution in [0, 0.1) is 0 Å². The number of rotatable bonds is 4. The molecule has 1 aromatic rings. The van der Waals surface area contributed by atoms with Gasteiger partial charge in [-0.2, -0.15) is 4.31 Å². The first-order chi connectivity index (χ1) is 10.3. The van der Waals surface area contributed by atoms with Crippen LogP contribution in [0.4, 0.5) is 0 Å². The fourth-order valence-corrected chi connectivity index (χ4v) is 3.59. The lowest BCUT2D eigenvalue weighted by molar-refractivity contribution is -0.139. The molecule has 0 N–H and O–H groups in total. The maximum Gasteiger partial charge on any atom is 0.329 e. The lowest BCUT2D eigenvalue weighted by Gasteiger charge is -2.31. The van der Waals surface area contributed by atoms with Gasteiger partial charge in [0.15, 0.2) is 5.78 Å². The van der Waals surface area contributed by atoms with Crippen LogP contribution in [0.1, 0.15) is 36.5 Å². The molecule has 0 aromatic heterocycles. The molecule has 1 atom stereocenters. The summed E-state index contributed by atoms with van der Waals surface area (Å²) >= 11 is 0. The minimum absolute atomic E-state index is 0.0755. The first-order valence-corrected chi connectivity index (χ1v) is 8.93. The summed E-state index contributed by atoms with van der Waals surface area (Å²) in [6, 6.07) is 5.42. The second-order valence-corrected chi connectivity index (χ2v) is 7.32. The smallest absolute Gasteiger partial charge is 0.329 e. The summed E-state index contributed by atoms with van der Waals surface area (Å²) in [5.41, 5.74) is 0.523. The van der Waals surface area contributed by atoms with Crippen molar-refractivity contribution in [2.45, 2.75) is 32.2 Å². The van der Waals surface area contributed by atoms with Gasteiger partial charge in [0.2, 0.25) is 10.0 Å². The van der Waals surface area contributed by atoms with E-state index >= 15 is 0 Å². The molecule has 120 valence electrons. The molecule has 0 unspecified atom stereocenters. The van der Waals surface area contributed by atoms with Gasteiger partial charge in [0, 0.05) is 12.1 Å². The molecule has 1 aliphatic rings. The number of Topliss-reactive ketones (excluding diaryl/α,β-unsaturated/α-hetero) is 1. The highest BCUT2D eigenvalue weighted by molar-refractivity contribution is 7.88. The third-order valence-corrected chi connectivity index (χ3v) is 4.92. The number of benzene rings is 1. The van der Waals surface area contributed by atoms with E-state index in [9.17, 15) is 18.0 Å². The van der Waals surface area contributed by atoms with Crippen molar-refractivity contribution in [2.75, 3.05) is 12.8 Å². The van der Waals surface area contributed by atoms with Crippen molar-refractivity contribution in [3.63, 3.8) is 0 Å². The Hall–Kier alpha value is -1.73. The standard InChI is InChI=1S/C15H19NO5S/c1-11(17)12-6-8-13(9-7-12)21-15(18)14-5-3-4-10-16(14)22(2,19)20/h6-9,14H,3-5,10H2,1-2H3/t14-/m1/s1. The average Bonchev–Trinajstić information content (AvgIpc) is 2.47. The van der Waals surface area contributed by atoms with E-state index in [0.717, 1.165) is 19.1 Å². The van der Waals surface area contributed by atoms with Crippen molar-refractivity contribution in [3.05, 3.63) is 29.8 Å². The van der Waals surface area contributed by atoms with Crippen LogP contribution in [0.2, 0.25) is 0 Å². The van der Waals surface area contributed by atoms with Crippen LogP contribution in [-0.2, 0) is 14.8 Å². The van der Waals surface area contributed by atoms with Crippen LogP contribution >= 0.6 is 0 Å². The van der Waals surface area contributed by atoms with Crippen molar-refractivity contribution >= 4 is 21.8 Å². The number of hydrogen-bond acceptors (Lipinski definition) is 5. The Kier molecular flexibility index (Phi) is 4.97. The lowest BCUT2D eigenvalue weighted by atomic mass is 10.1. The molecule has 2 rings (SSSR count). The van der Waals surface area contributed by atoms with Gasteiger partial charge in [-0.3, -0.25) is 4.79 Å². The van der Waals surface area contributed by atoms with Crippen LogP contribution < -0.4 is 4.74 Å². The Balaban J connectivity index is 2.11. The number of esters is 1. The SMILES string of the molecule is CC(=O)c1ccc(OC(=O)[C@H]2CCCCN2S(C)(=O)=O)cc1. The van der Waals surface area contributed by atoms with E-state index in [-0.39, 0.29) is 5.78 Å². The molecule has 0 radical (unpaired) electrons. The molecule has 0 spiro atoms. The molecule has 1 aliphatic heterocycles. The third kappa shape index (κ3) is 3.92. The summed E-state index contributed by atoms with van der Waals surface area (Å²) in [7, 11) is -3.44. The van der Waals surface area contributed by atoms with E-state index in [0.29, 0.717) is 24.3 Å². The van der Waals surface area contributed by atoms with Gasteiger partial charge in [0.25, 0.3) is 0 Å². The van der Waals surface area contributed by atoms with Gasteiger partial charge >= 0.3 is 5.97 Å². The molecule has 1 saturated heterocycles. The van der Waals surface area contributed by atoms with Gasteiger partial charge in [-0.05, 0) is 50.5 Å². The highest BCUT2D eigenvalue weighted by Gasteiger charge is 2.35. The van der Waals surface area contributed by atoms with Crippen molar-refractivity contribution < 1.29 is 22.7 Å². The fraction of sp³-hybridized carbons (Fsp3) is 0.467. The van der Waals surface area contributed by atoms with Crippen LogP contribution in [0.25, 0.3) is 0 Å². The minimum Gasteiger partial charge on any atom is -0.425 e. The van der Waals surface area contributed by atoms with E-state index in [1.54, 1.807) is 12.1 Å². The Labute approximate surface area is 130 Å². The molecule has 1 aromatic carbocycles. The number of nitrogens with zero attached hydrogens (tertiary/aromatic N) is 1. The quantitative estimate of drug-likeness (QED) is 0.477. The first-order valence-electron chi connectivity index (χ1n) is 7.08. The second kappa shape index (κ2) is 6.58. The van der Waals surface area contributed by atoms with E-state index in [4.69, 9.17) is 4.74 Å². The topological polar surface area (TPSA) is 80.8 Å². The molecule has 6 nitrogen and oxygen atoms in total. The first kappa shape index (κ1) is 16.6. The van der Waals surface area contributed by atoms with E-state index in [2.05, 4.69) is 0 Å². The van der Waals surface area contributed by atoms with Gasteiger partial charge < -0.3 is 4.74 Å². The molecule has 0 bridgehead atoms. The molecule has 7 heteroatoms. The van der Waals surface area contributed by atoms with E-state index in [1.807, 2.05) is 0 Å². The third-order valence-electron chi connectivity index (χ3n) is 3.63. The van der Waals surface area contributed by atoms with E-state index < -0.39 is 22.0 Å². The minimum atomic E-state index is -3.44. The number of sulfonamides is 1. The van der Waals surface area contributed by atoms with Crippen molar-refractivity contribution in [2.24, 2.45) is 0 Å². The normalized spacial score (nSPS) is 19.6. The monoisotopic (exact) mass is 325 g/mol. The maximum atomic E-state index is 12.2. The van der Waals surface area contributed by atoms with Crippen LogP contribution in [0.3, 0.4) is 0 Å². The fourth-order valence-electron chi connectivity index (χ4n) is 2.48. The number of carbonyl (C=O) groups is 2. The summed E-state index contributed by atoms with van der Waals surface area (Å²) < 4.78 is 30.0. The van der Waals surface area contributed by atoms with E-state index in [1.165, 1.54) is 23.4 Å². The van der Waals surface area contributed by atoms with Gasteiger partial charge in [0.05, 0.1) is 6.26 Å². The zero-order chi connectivity index (χ0) is 16.3. The zero-order valence-corrected chi connectivity index (χ0v) is 13.4. The summed E-state index contributed by atoms with van der Waals surface area (Å²) in [6.45, 7) is 1.79. The number of ketones is 1. The molecule has 0 amide bonds. The maximum absolute atomic E-state index is 12.2. The zero-order valence-electron chi connectivity index (χ0n) is 12.6. The van der Waals surface area contributed by atoms with Gasteiger partial charge in [0.1, 0.15) is 11.8 Å². The summed E-state index contributed by atoms with van der Waals surface area (Å²) in [5, 5.41) is 0. The Morgan fingerprint density at radius 3 is 2.36 bits per heavy atom. The molecular weight excluding hydrogens is 306 g/mol. The molecule has 0 aliphatic carbocycles. The van der Waals surface area contributed by atoms with Crippen molar-refractivity contribution in [3.8, 4) is 5.75 Å². The van der Waals surface area contributed by atoms with Gasteiger partial charge in [-0.15, -0.1) is 0 Å². The molecule has 1 heterocycles. The van der Waals surface area contributed by atoms with Crippen LogP contribution in [-0.4, -0.2) is 43.3 Å².